The van der Waals surface area contributed by atoms with Crippen LogP contribution in [0.1, 0.15) is 36.5 Å². The van der Waals surface area contributed by atoms with Crippen molar-refractivity contribution >= 4 is 29.9 Å². The SMILES string of the molecule is CCCCNC(N)=NCc1ccc(COCc2ccccc2)cc1.I. The van der Waals surface area contributed by atoms with Crippen molar-refractivity contribution in [3.8, 4) is 0 Å². The van der Waals surface area contributed by atoms with Crippen LogP contribution in [0.5, 0.6) is 0 Å². The van der Waals surface area contributed by atoms with Gasteiger partial charge in [0.15, 0.2) is 5.96 Å². The molecule has 0 saturated heterocycles. The van der Waals surface area contributed by atoms with E-state index in [2.05, 4.69) is 53.6 Å². The molecule has 0 atom stereocenters. The molecule has 0 fully saturated rings. The summed E-state index contributed by atoms with van der Waals surface area (Å²) in [7, 11) is 0. The van der Waals surface area contributed by atoms with Crippen LogP contribution in [0.4, 0.5) is 0 Å². The predicted octanol–water partition coefficient (Wildman–Crippen LogP) is 4.23. The van der Waals surface area contributed by atoms with Gasteiger partial charge in [0.2, 0.25) is 0 Å². The zero-order valence-corrected chi connectivity index (χ0v) is 17.1. The third-order valence-corrected chi connectivity index (χ3v) is 3.67. The van der Waals surface area contributed by atoms with Gasteiger partial charge >= 0.3 is 0 Å². The molecule has 0 aliphatic carbocycles. The van der Waals surface area contributed by atoms with Crippen molar-refractivity contribution in [2.75, 3.05) is 6.54 Å². The molecule has 0 aliphatic rings. The van der Waals surface area contributed by atoms with Crippen LogP contribution in [0.25, 0.3) is 0 Å². The van der Waals surface area contributed by atoms with Crippen LogP contribution in [0.15, 0.2) is 59.6 Å². The Kier molecular flexibility index (Phi) is 10.9. The molecule has 4 nitrogen and oxygen atoms in total. The zero-order chi connectivity index (χ0) is 17.0. The lowest BCUT2D eigenvalue weighted by molar-refractivity contribution is 0.107. The van der Waals surface area contributed by atoms with Gasteiger partial charge in [0.05, 0.1) is 19.8 Å². The highest BCUT2D eigenvalue weighted by Gasteiger charge is 1.97. The minimum Gasteiger partial charge on any atom is -0.372 e. The Morgan fingerprint density at radius 2 is 1.56 bits per heavy atom. The quantitative estimate of drug-likeness (QED) is 0.259. The molecule has 0 saturated carbocycles. The normalized spacial score (nSPS) is 11.0. The average molecular weight is 453 g/mol. The summed E-state index contributed by atoms with van der Waals surface area (Å²) in [5, 5.41) is 3.12. The number of aliphatic imine (C=N–C) groups is 1. The summed E-state index contributed by atoms with van der Waals surface area (Å²) >= 11 is 0. The number of ether oxygens (including phenoxy) is 1. The van der Waals surface area contributed by atoms with Gasteiger partial charge < -0.3 is 15.8 Å². The summed E-state index contributed by atoms with van der Waals surface area (Å²) in [6.07, 6.45) is 2.25. The summed E-state index contributed by atoms with van der Waals surface area (Å²) in [6.45, 7) is 4.87. The van der Waals surface area contributed by atoms with Crippen molar-refractivity contribution in [2.45, 2.75) is 39.5 Å². The first-order valence-corrected chi connectivity index (χ1v) is 8.51. The van der Waals surface area contributed by atoms with Gasteiger partial charge in [-0.1, -0.05) is 67.9 Å². The van der Waals surface area contributed by atoms with Crippen LogP contribution in [0, 0.1) is 0 Å². The van der Waals surface area contributed by atoms with E-state index in [9.17, 15) is 0 Å². The van der Waals surface area contributed by atoms with Gasteiger partial charge in [-0.25, -0.2) is 4.99 Å². The lowest BCUT2D eigenvalue weighted by Gasteiger charge is -2.06. The second-order valence-corrected chi connectivity index (χ2v) is 5.78. The minimum atomic E-state index is 0. The fourth-order valence-corrected chi connectivity index (χ4v) is 2.23. The molecule has 0 radical (unpaired) electrons. The average Bonchev–Trinajstić information content (AvgIpc) is 2.62. The number of nitrogens with zero attached hydrogens (tertiary/aromatic N) is 1. The molecule has 0 aromatic heterocycles. The first-order valence-electron chi connectivity index (χ1n) is 8.51. The monoisotopic (exact) mass is 453 g/mol. The van der Waals surface area contributed by atoms with Crippen LogP contribution in [-0.2, 0) is 24.5 Å². The summed E-state index contributed by atoms with van der Waals surface area (Å²) in [5.74, 6) is 0.513. The van der Waals surface area contributed by atoms with Crippen LogP contribution in [0.3, 0.4) is 0 Å². The van der Waals surface area contributed by atoms with Gasteiger partial charge in [0, 0.05) is 6.54 Å². The Bertz CT molecular complexity index is 615. The van der Waals surface area contributed by atoms with E-state index in [4.69, 9.17) is 10.5 Å². The van der Waals surface area contributed by atoms with E-state index in [1.807, 2.05) is 18.2 Å². The zero-order valence-electron chi connectivity index (χ0n) is 14.8. The predicted molar refractivity (Wildman–Crippen MR) is 115 cm³/mol. The Morgan fingerprint density at radius 1 is 0.960 bits per heavy atom. The van der Waals surface area contributed by atoms with E-state index in [1.54, 1.807) is 0 Å². The molecule has 2 aromatic rings. The Hall–Kier alpha value is -1.60. The van der Waals surface area contributed by atoms with E-state index in [0.29, 0.717) is 25.7 Å². The van der Waals surface area contributed by atoms with Gasteiger partial charge in [-0.2, -0.15) is 0 Å². The van der Waals surface area contributed by atoms with Crippen LogP contribution in [-0.4, -0.2) is 12.5 Å². The number of nitrogens with one attached hydrogen (secondary N) is 1. The number of nitrogens with two attached hydrogens (primary N) is 1. The number of rotatable bonds is 9. The van der Waals surface area contributed by atoms with E-state index < -0.39 is 0 Å². The second-order valence-electron chi connectivity index (χ2n) is 5.78. The van der Waals surface area contributed by atoms with Crippen molar-refractivity contribution < 1.29 is 4.74 Å². The number of unbranched alkanes of at least 4 members (excludes halogenated alkanes) is 1. The minimum absolute atomic E-state index is 0. The Balaban J connectivity index is 0.00000312. The lowest BCUT2D eigenvalue weighted by Crippen LogP contribution is -2.32. The molecule has 0 amide bonds. The number of guanidine groups is 1. The molecule has 5 heteroatoms. The summed E-state index contributed by atoms with van der Waals surface area (Å²) in [6, 6.07) is 18.5. The number of hydrogen-bond donors (Lipinski definition) is 2. The largest absolute Gasteiger partial charge is 0.372 e. The third-order valence-electron chi connectivity index (χ3n) is 3.67. The fraction of sp³-hybridized carbons (Fsp3) is 0.350. The lowest BCUT2D eigenvalue weighted by atomic mass is 10.1. The first kappa shape index (κ1) is 21.4. The second kappa shape index (κ2) is 12.7. The summed E-state index contributed by atoms with van der Waals surface area (Å²) in [4.78, 5) is 4.35. The van der Waals surface area contributed by atoms with Gasteiger partial charge in [0.25, 0.3) is 0 Å². The number of halogens is 1. The van der Waals surface area contributed by atoms with Crippen LogP contribution < -0.4 is 11.1 Å². The highest BCUT2D eigenvalue weighted by atomic mass is 127. The number of hydrogen-bond acceptors (Lipinski definition) is 2. The number of benzene rings is 2. The molecule has 136 valence electrons. The van der Waals surface area contributed by atoms with Gasteiger partial charge in [-0.3, -0.25) is 0 Å². The maximum atomic E-state index is 5.83. The molecule has 0 aliphatic heterocycles. The molecule has 0 heterocycles. The van der Waals surface area contributed by atoms with Crippen LogP contribution >= 0.6 is 24.0 Å². The molecule has 0 unspecified atom stereocenters. The first-order chi connectivity index (χ1) is 11.8. The maximum absolute atomic E-state index is 5.83. The molecular formula is C20H28IN3O. The highest BCUT2D eigenvalue weighted by molar-refractivity contribution is 14.0. The van der Waals surface area contributed by atoms with E-state index in [1.165, 1.54) is 5.56 Å². The van der Waals surface area contributed by atoms with E-state index in [0.717, 1.165) is 30.5 Å². The topological polar surface area (TPSA) is 59.6 Å². The van der Waals surface area contributed by atoms with Crippen LogP contribution in [0.2, 0.25) is 0 Å². The Morgan fingerprint density at radius 3 is 2.20 bits per heavy atom. The molecule has 0 spiro atoms. The highest BCUT2D eigenvalue weighted by Crippen LogP contribution is 2.09. The fourth-order valence-electron chi connectivity index (χ4n) is 2.23. The molecule has 25 heavy (non-hydrogen) atoms. The summed E-state index contributed by atoms with van der Waals surface area (Å²) in [5.41, 5.74) is 9.32. The maximum Gasteiger partial charge on any atom is 0.188 e. The van der Waals surface area contributed by atoms with Crippen molar-refractivity contribution in [2.24, 2.45) is 10.7 Å². The van der Waals surface area contributed by atoms with Crippen molar-refractivity contribution in [3.63, 3.8) is 0 Å². The van der Waals surface area contributed by atoms with Gasteiger partial charge in [-0.15, -0.1) is 24.0 Å². The van der Waals surface area contributed by atoms with Crippen molar-refractivity contribution in [3.05, 3.63) is 71.3 Å². The molecule has 2 aromatic carbocycles. The van der Waals surface area contributed by atoms with Gasteiger partial charge in [0.1, 0.15) is 0 Å². The van der Waals surface area contributed by atoms with Crippen molar-refractivity contribution in [1.82, 2.24) is 5.32 Å². The van der Waals surface area contributed by atoms with Gasteiger partial charge in [-0.05, 0) is 23.1 Å². The molecular weight excluding hydrogens is 425 g/mol. The molecule has 3 N–H and O–H groups in total. The van der Waals surface area contributed by atoms with E-state index in [-0.39, 0.29) is 24.0 Å². The molecule has 2 rings (SSSR count). The third kappa shape index (κ3) is 8.88. The Labute approximate surface area is 167 Å². The molecule has 0 bridgehead atoms. The smallest absolute Gasteiger partial charge is 0.188 e. The van der Waals surface area contributed by atoms with Crippen molar-refractivity contribution in [1.29, 1.82) is 0 Å². The van der Waals surface area contributed by atoms with E-state index >= 15 is 0 Å². The standard InChI is InChI=1S/C20H27N3O.HI/c1-2-3-13-22-20(21)23-14-17-9-11-19(12-10-17)16-24-15-18-7-5-4-6-8-18;/h4-12H,2-3,13-16H2,1H3,(H3,21,22,23);1H. The summed E-state index contributed by atoms with van der Waals surface area (Å²) < 4.78 is 5.74.